The molecule has 192 valence electrons. The number of hydrogen-bond donors (Lipinski definition) is 1. The van der Waals surface area contributed by atoms with Crippen molar-refractivity contribution in [2.75, 3.05) is 18.5 Å². The normalized spacial score (nSPS) is 11.1. The molecule has 37 heavy (non-hydrogen) atoms. The molecule has 2 aromatic heterocycles. The van der Waals surface area contributed by atoms with E-state index < -0.39 is 18.5 Å². The van der Waals surface area contributed by atoms with Gasteiger partial charge in [-0.15, -0.1) is 0 Å². The summed E-state index contributed by atoms with van der Waals surface area (Å²) in [6.45, 7) is 9.26. The fourth-order valence-corrected chi connectivity index (χ4v) is 4.46. The van der Waals surface area contributed by atoms with Crippen LogP contribution in [0.25, 0.3) is 22.3 Å². The van der Waals surface area contributed by atoms with Gasteiger partial charge < -0.3 is 13.9 Å². The first-order valence-electron chi connectivity index (χ1n) is 11.8. The molecule has 0 fully saturated rings. The summed E-state index contributed by atoms with van der Waals surface area (Å²) in [4.78, 5) is 43.0. The third-order valence-corrected chi connectivity index (χ3v) is 6.68. The van der Waals surface area contributed by atoms with Crippen LogP contribution in [0.2, 0.25) is 0 Å². The molecule has 1 amide bonds. The molecule has 4 aromatic rings. The maximum Gasteiger partial charge on any atom is 0.350 e. The summed E-state index contributed by atoms with van der Waals surface area (Å²) in [5.41, 5.74) is 3.12. The molecule has 0 saturated heterocycles. The molecule has 2 heterocycles. The number of aryl methyl sites for hydroxylation is 3. The van der Waals surface area contributed by atoms with E-state index in [1.54, 1.807) is 25.1 Å². The van der Waals surface area contributed by atoms with Gasteiger partial charge in [-0.2, -0.15) is 0 Å². The van der Waals surface area contributed by atoms with Crippen molar-refractivity contribution in [3.8, 4) is 17.1 Å². The van der Waals surface area contributed by atoms with Gasteiger partial charge in [0.25, 0.3) is 5.91 Å². The van der Waals surface area contributed by atoms with Crippen molar-refractivity contribution >= 4 is 39.3 Å². The number of anilines is 1. The Kier molecular flexibility index (Phi) is 7.73. The average molecular weight is 521 g/mol. The zero-order chi connectivity index (χ0) is 26.7. The molecule has 0 bridgehead atoms. The monoisotopic (exact) mass is 520 g/mol. The Balaban J connectivity index is 1.57. The Hall–Kier alpha value is -3.98. The van der Waals surface area contributed by atoms with Crippen LogP contribution in [0.4, 0.5) is 5.13 Å². The maximum absolute atomic E-state index is 13.4. The lowest BCUT2D eigenvalue weighted by Crippen LogP contribution is -2.22. The largest absolute Gasteiger partial charge is 0.476 e. The number of thiazole rings is 1. The molecule has 9 heteroatoms. The van der Waals surface area contributed by atoms with E-state index in [0.29, 0.717) is 33.7 Å². The van der Waals surface area contributed by atoms with Crippen LogP contribution < -0.4 is 15.5 Å². The first-order chi connectivity index (χ1) is 17.6. The second kappa shape index (κ2) is 11.0. The quantitative estimate of drug-likeness (QED) is 0.298. The molecule has 4 rings (SSSR count). The Labute approximate surface area is 218 Å². The Morgan fingerprint density at radius 2 is 1.78 bits per heavy atom. The number of fused-ring (bicyclic) bond motifs is 1. The lowest BCUT2D eigenvalue weighted by molar-refractivity contribution is -0.118. The topological polar surface area (TPSA) is 108 Å². The van der Waals surface area contributed by atoms with E-state index in [-0.39, 0.29) is 28.0 Å². The molecule has 0 aliphatic rings. The van der Waals surface area contributed by atoms with E-state index in [2.05, 4.69) is 10.3 Å². The van der Waals surface area contributed by atoms with Gasteiger partial charge in [-0.3, -0.25) is 14.9 Å². The first-order valence-corrected chi connectivity index (χ1v) is 12.7. The minimum absolute atomic E-state index is 0.0506. The Bertz CT molecular complexity index is 1520. The second-order valence-corrected chi connectivity index (χ2v) is 10.1. The van der Waals surface area contributed by atoms with Crippen LogP contribution in [-0.4, -0.2) is 30.1 Å². The van der Waals surface area contributed by atoms with Gasteiger partial charge in [-0.1, -0.05) is 55.5 Å². The minimum atomic E-state index is -0.533. The summed E-state index contributed by atoms with van der Waals surface area (Å²) in [5.74, 6) is -0.614. The molecule has 0 saturated carbocycles. The molecule has 8 nitrogen and oxygen atoms in total. The third-order valence-electron chi connectivity index (χ3n) is 5.62. The fourth-order valence-electron chi connectivity index (χ4n) is 3.58. The van der Waals surface area contributed by atoms with Crippen molar-refractivity contribution in [2.24, 2.45) is 5.92 Å². The number of nitrogens with one attached hydrogen (secondary N) is 1. The highest BCUT2D eigenvalue weighted by Crippen LogP contribution is 2.32. The highest BCUT2D eigenvalue weighted by atomic mass is 32.1. The number of ether oxygens (including phenoxy) is 2. The van der Waals surface area contributed by atoms with E-state index in [1.807, 2.05) is 52.0 Å². The van der Waals surface area contributed by atoms with Gasteiger partial charge in [0.1, 0.15) is 10.5 Å². The number of carbonyl (C=O) groups excluding carboxylic acids is 2. The number of esters is 1. The number of nitrogens with zero attached hydrogens (tertiary/aromatic N) is 1. The Morgan fingerprint density at radius 1 is 1.08 bits per heavy atom. The number of rotatable bonds is 8. The zero-order valence-corrected chi connectivity index (χ0v) is 22.2. The molecular formula is C28H28N2O6S. The summed E-state index contributed by atoms with van der Waals surface area (Å²) in [5, 5.41) is 3.24. The molecular weight excluding hydrogens is 492 g/mol. The van der Waals surface area contributed by atoms with E-state index in [0.717, 1.165) is 22.5 Å². The number of aromatic nitrogens is 1. The highest BCUT2D eigenvalue weighted by molar-refractivity contribution is 7.17. The van der Waals surface area contributed by atoms with Crippen molar-refractivity contribution in [3.05, 3.63) is 74.4 Å². The summed E-state index contributed by atoms with van der Waals surface area (Å²) in [6.07, 6.45) is 0. The summed E-state index contributed by atoms with van der Waals surface area (Å²) >= 11 is 1.02. The van der Waals surface area contributed by atoms with Crippen LogP contribution in [0.1, 0.15) is 40.3 Å². The third kappa shape index (κ3) is 5.89. The van der Waals surface area contributed by atoms with E-state index in [9.17, 15) is 14.4 Å². The van der Waals surface area contributed by atoms with E-state index in [4.69, 9.17) is 13.9 Å². The molecule has 0 spiro atoms. The fraction of sp³-hybridized carbons (Fsp3) is 0.286. The second-order valence-electron chi connectivity index (χ2n) is 9.15. The van der Waals surface area contributed by atoms with E-state index >= 15 is 0 Å². The predicted molar refractivity (Wildman–Crippen MR) is 143 cm³/mol. The number of carbonyl (C=O) groups is 2. The van der Waals surface area contributed by atoms with E-state index in [1.165, 1.54) is 0 Å². The molecule has 0 radical (unpaired) electrons. The van der Waals surface area contributed by atoms with Gasteiger partial charge >= 0.3 is 5.97 Å². The number of hydrogen-bond acceptors (Lipinski definition) is 8. The molecule has 1 N–H and O–H groups in total. The first kappa shape index (κ1) is 26.1. The minimum Gasteiger partial charge on any atom is -0.476 e. The van der Waals surface area contributed by atoms with Gasteiger partial charge in [-0.05, 0) is 49.9 Å². The number of benzene rings is 2. The molecule has 0 aliphatic carbocycles. The van der Waals surface area contributed by atoms with Gasteiger partial charge in [-0.25, -0.2) is 9.78 Å². The average Bonchev–Trinajstić information content (AvgIpc) is 3.23. The van der Waals surface area contributed by atoms with Crippen molar-refractivity contribution in [3.63, 3.8) is 0 Å². The summed E-state index contributed by atoms with van der Waals surface area (Å²) in [6, 6.07) is 12.7. The van der Waals surface area contributed by atoms with Crippen molar-refractivity contribution in [1.29, 1.82) is 0 Å². The lowest BCUT2D eigenvalue weighted by Gasteiger charge is -2.12. The maximum atomic E-state index is 13.4. The summed E-state index contributed by atoms with van der Waals surface area (Å²) < 4.78 is 17.1. The van der Waals surface area contributed by atoms with Crippen LogP contribution in [0.15, 0.2) is 51.7 Å². The SMILES string of the molecule is Cc1cc2oc(-c3ccccc3)c(OCC(=O)Nc3nc(C)c(C(=O)OCC(C)C)s3)c(=O)c2cc1C. The van der Waals surface area contributed by atoms with Crippen LogP contribution in [0.3, 0.4) is 0 Å². The standard InChI is InChI=1S/C28H28N2O6S/c1-15(2)13-35-27(33)26-18(5)29-28(37-26)30-22(31)14-34-25-23(32)20-11-16(3)17(4)12-21(20)36-24(25)19-9-7-6-8-10-19/h6-12,15H,13-14H2,1-5H3,(H,29,30,31). The van der Waals surface area contributed by atoms with Gasteiger partial charge in [0, 0.05) is 5.56 Å². The molecule has 0 aliphatic heterocycles. The highest BCUT2D eigenvalue weighted by Gasteiger charge is 2.21. The number of amides is 1. The predicted octanol–water partition coefficient (Wildman–Crippen LogP) is 5.67. The molecule has 0 unspecified atom stereocenters. The van der Waals surface area contributed by atoms with Crippen molar-refractivity contribution < 1.29 is 23.5 Å². The van der Waals surface area contributed by atoms with Gasteiger partial charge in [0.05, 0.1) is 17.7 Å². The van der Waals surface area contributed by atoms with Crippen LogP contribution in [0, 0.1) is 26.7 Å². The zero-order valence-electron chi connectivity index (χ0n) is 21.3. The van der Waals surface area contributed by atoms with Crippen LogP contribution in [0.5, 0.6) is 5.75 Å². The Morgan fingerprint density at radius 3 is 2.49 bits per heavy atom. The van der Waals surface area contributed by atoms with Crippen molar-refractivity contribution in [1.82, 2.24) is 4.98 Å². The summed E-state index contributed by atoms with van der Waals surface area (Å²) in [7, 11) is 0. The lowest BCUT2D eigenvalue weighted by atomic mass is 10.0. The molecule has 0 atom stereocenters. The van der Waals surface area contributed by atoms with Gasteiger partial charge in [0.2, 0.25) is 11.2 Å². The van der Waals surface area contributed by atoms with Gasteiger partial charge in [0.15, 0.2) is 17.5 Å². The van der Waals surface area contributed by atoms with Crippen molar-refractivity contribution in [2.45, 2.75) is 34.6 Å². The van der Waals surface area contributed by atoms with Crippen LogP contribution >= 0.6 is 11.3 Å². The smallest absolute Gasteiger partial charge is 0.350 e. The molecule has 2 aromatic carbocycles. The van der Waals surface area contributed by atoms with Crippen LogP contribution in [-0.2, 0) is 9.53 Å².